The van der Waals surface area contributed by atoms with E-state index in [1.165, 1.54) is 5.32 Å². The minimum atomic E-state index is -5.88. The van der Waals surface area contributed by atoms with Crippen LogP contribution in [-0.2, 0) is 24.8 Å². The maximum absolute atomic E-state index is 13.6. The van der Waals surface area contributed by atoms with Crippen LogP contribution in [0.5, 0.6) is 0 Å². The minimum Gasteiger partial charge on any atom is -0.385 e. The lowest BCUT2D eigenvalue weighted by Gasteiger charge is -2.32. The number of methoxy groups -OCH3 is 1. The highest BCUT2D eigenvalue weighted by Gasteiger charge is 2.39. The molecule has 0 fully saturated rings. The molecular weight excluding hydrogens is 362 g/mol. The Morgan fingerprint density at radius 3 is 3.17 bits per heavy atom. The second kappa shape index (κ2) is 7.13. The third-order valence-electron chi connectivity index (χ3n) is 2.36. The van der Waals surface area contributed by atoms with Crippen molar-refractivity contribution in [3.8, 4) is 0 Å². The maximum atomic E-state index is 13.6. The summed E-state index contributed by atoms with van der Waals surface area (Å²) in [4.78, 5) is 0. The fourth-order valence-electron chi connectivity index (χ4n) is 1.51. The first-order valence-electron chi connectivity index (χ1n) is 13.8. The molecule has 2 rings (SSSR count). The van der Waals surface area contributed by atoms with Crippen LogP contribution in [0.2, 0.25) is 0 Å². The molecule has 1 aliphatic heterocycles. The van der Waals surface area contributed by atoms with Crippen molar-refractivity contribution in [2.45, 2.75) is 27.7 Å². The molecule has 0 bridgehead atoms. The number of sulfonamides is 2. The molecule has 0 amide bonds. The van der Waals surface area contributed by atoms with Gasteiger partial charge in [-0.25, -0.2) is 22.0 Å². The van der Waals surface area contributed by atoms with E-state index in [0.717, 1.165) is 0 Å². The van der Waals surface area contributed by atoms with Crippen LogP contribution >= 0.6 is 11.3 Å². The highest BCUT2D eigenvalue weighted by Crippen LogP contribution is 2.39. The van der Waals surface area contributed by atoms with Gasteiger partial charge in [-0.05, 0) is 18.9 Å². The Morgan fingerprint density at radius 2 is 2.52 bits per heavy atom. The van der Waals surface area contributed by atoms with Crippen LogP contribution in [-0.4, -0.2) is 54.2 Å². The Kier molecular flexibility index (Phi) is 1.96. The molecule has 0 aromatic carbocycles. The average molecular weight is 401 g/mol. The SMILES string of the molecule is [2H]C([2H])([2H])OC([2H])([2H])C([2H])([2H])C([2H])([2H])N1C([2H])([2H])[C@]([2H])(NC([2H])([2H])C([2H])([2H])[2H])c2cc(S(N)(=O)=O)sc2S1(=O)=O. The first-order chi connectivity index (χ1) is 17.1. The van der Waals surface area contributed by atoms with Crippen LogP contribution in [0.3, 0.4) is 0 Å². The number of nitrogens with one attached hydrogen (secondary N) is 1. The quantitative estimate of drug-likeness (QED) is 0.669. The predicted octanol–water partition coefficient (Wildman–Crippen LogP) is 0.0869. The summed E-state index contributed by atoms with van der Waals surface area (Å²) in [7, 11) is -14.5. The van der Waals surface area contributed by atoms with Crippen molar-refractivity contribution in [2.24, 2.45) is 5.14 Å². The van der Waals surface area contributed by atoms with E-state index in [4.69, 9.17) is 28.4 Å². The molecule has 132 valence electrons. The third-order valence-corrected chi connectivity index (χ3v) is 6.94. The van der Waals surface area contributed by atoms with Gasteiger partial charge in [-0.15, -0.1) is 11.3 Å². The third kappa shape index (κ3) is 3.92. The predicted molar refractivity (Wildman–Crippen MR) is 87.4 cm³/mol. The fourth-order valence-corrected chi connectivity index (χ4v) is 5.19. The molecule has 0 saturated carbocycles. The van der Waals surface area contributed by atoms with E-state index in [-0.39, 0.29) is 11.3 Å². The summed E-state index contributed by atoms with van der Waals surface area (Å²) >= 11 is -0.303. The van der Waals surface area contributed by atoms with Crippen molar-refractivity contribution >= 4 is 31.4 Å². The molecule has 8 nitrogen and oxygen atoms in total. The van der Waals surface area contributed by atoms with Crippen LogP contribution in [0.25, 0.3) is 0 Å². The van der Waals surface area contributed by atoms with Gasteiger partial charge in [0, 0.05) is 53.3 Å². The molecule has 3 N–H and O–H groups in total. The summed E-state index contributed by atoms with van der Waals surface area (Å²) < 4.78 is 184. The highest BCUT2D eigenvalue weighted by molar-refractivity contribution is 7.94. The molecule has 0 unspecified atom stereocenters. The molecule has 23 heavy (non-hydrogen) atoms. The Labute approximate surface area is 164 Å². The molecule has 0 spiro atoms. The zero-order chi connectivity index (χ0) is 32.1. The highest BCUT2D eigenvalue weighted by atomic mass is 32.3. The van der Waals surface area contributed by atoms with Crippen LogP contribution in [0.1, 0.15) is 48.1 Å². The lowest BCUT2D eigenvalue weighted by atomic mass is 10.1. The van der Waals surface area contributed by atoms with Gasteiger partial charge in [0.2, 0.25) is 10.0 Å². The van der Waals surface area contributed by atoms with Crippen molar-refractivity contribution in [3.63, 3.8) is 0 Å². The largest absolute Gasteiger partial charge is 0.385 e. The summed E-state index contributed by atoms with van der Waals surface area (Å²) in [6.07, 6.45) is -4.45. The van der Waals surface area contributed by atoms with Gasteiger partial charge in [0.15, 0.2) is 0 Å². The Balaban J connectivity index is 3.05. The van der Waals surface area contributed by atoms with E-state index in [9.17, 15) is 16.8 Å². The number of likely N-dealkylation sites (N-methyl/N-ethyl adjacent to an activating group) is 1. The summed E-state index contributed by atoms with van der Waals surface area (Å²) in [6, 6.07) is -3.50. The number of fused-ring (bicyclic) bond motifs is 1. The van der Waals surface area contributed by atoms with Crippen LogP contribution in [0, 0.1) is 0 Å². The Morgan fingerprint density at radius 1 is 1.74 bits per heavy atom. The monoisotopic (exact) mass is 400 g/mol. The summed E-state index contributed by atoms with van der Waals surface area (Å²) in [5.74, 6) is 0. The number of nitrogens with zero attached hydrogens (tertiary/aromatic N) is 1. The van der Waals surface area contributed by atoms with Gasteiger partial charge >= 0.3 is 0 Å². The smallest absolute Gasteiger partial charge is 0.252 e. The molecule has 1 aliphatic rings. The van der Waals surface area contributed by atoms with Crippen molar-refractivity contribution in [2.75, 3.05) is 33.1 Å². The van der Waals surface area contributed by atoms with Gasteiger partial charge in [-0.2, -0.15) is 4.31 Å². The number of thiophene rings is 1. The van der Waals surface area contributed by atoms with Crippen LogP contribution < -0.4 is 10.5 Å². The van der Waals surface area contributed by atoms with Gasteiger partial charge in [0.25, 0.3) is 10.0 Å². The molecule has 0 radical (unpaired) electrons. The first kappa shape index (κ1) is 6.31. The van der Waals surface area contributed by atoms with Crippen molar-refractivity contribution in [3.05, 3.63) is 11.6 Å². The number of hydrogen-bond donors (Lipinski definition) is 2. The fraction of sp³-hybridized carbons (Fsp3) is 0.667. The van der Waals surface area contributed by atoms with Gasteiger partial charge in [-0.3, -0.25) is 0 Å². The van der Waals surface area contributed by atoms with Crippen molar-refractivity contribution in [1.29, 1.82) is 0 Å². The number of ether oxygens (including phenoxy) is 1. The van der Waals surface area contributed by atoms with E-state index < -0.39 is 90.7 Å². The zero-order valence-electron chi connectivity index (χ0n) is 27.9. The van der Waals surface area contributed by atoms with E-state index >= 15 is 0 Å². The van der Waals surface area contributed by atoms with E-state index in [0.29, 0.717) is 6.07 Å². The molecule has 1 aromatic rings. The summed E-state index contributed by atoms with van der Waals surface area (Å²) in [5.41, 5.74) is -1.26. The minimum absolute atomic E-state index is 0.303. The maximum Gasteiger partial charge on any atom is 0.252 e. The number of nitrogens with two attached hydrogens (primary N) is 1. The lowest BCUT2D eigenvalue weighted by Crippen LogP contribution is -2.43. The topological polar surface area (TPSA) is 119 Å². The van der Waals surface area contributed by atoms with Crippen molar-refractivity contribution in [1.82, 2.24) is 9.62 Å². The van der Waals surface area contributed by atoms with Crippen molar-refractivity contribution < 1.29 is 44.9 Å². The number of rotatable bonds is 7. The van der Waals surface area contributed by atoms with E-state index in [1.807, 2.05) is 0 Å². The lowest BCUT2D eigenvalue weighted by molar-refractivity contribution is 0.185. The molecule has 1 atom stereocenters. The standard InChI is InChI=1S/C12H21N3O5S3/c1-3-14-10-8-15(5-4-6-20-2)23(18,19)12-9(10)7-11(21-12)22(13,16)17/h7,10,14H,3-6,8H2,1-2H3,(H2,13,16,17)/t10-/m0/s1/i1D3,2D3,3D2,4D2,5D2,6D2,8D2,10D. The van der Waals surface area contributed by atoms with Crippen LogP contribution in [0.4, 0.5) is 0 Å². The van der Waals surface area contributed by atoms with Gasteiger partial charge in [-0.1, -0.05) is 6.85 Å². The molecular formula is C12H21N3O5S3. The number of primary sulfonamides is 1. The molecule has 0 saturated heterocycles. The van der Waals surface area contributed by atoms with Gasteiger partial charge in [0.1, 0.15) is 8.42 Å². The molecule has 11 heteroatoms. The second-order valence-corrected chi connectivity index (χ2v) is 8.58. The average Bonchev–Trinajstić information content (AvgIpc) is 3.10. The second-order valence-electron chi connectivity index (χ2n) is 3.76. The Hall–Kier alpha value is -0.560. The molecule has 0 aliphatic carbocycles. The molecule has 1 aromatic heterocycles. The normalized spacial score (nSPS) is 41.2. The van der Waals surface area contributed by atoms with E-state index in [1.54, 1.807) is 0 Å². The first-order valence-corrected chi connectivity index (χ1v) is 9.14. The summed E-state index contributed by atoms with van der Waals surface area (Å²) in [6.45, 7) is -20.6. The van der Waals surface area contributed by atoms with E-state index in [2.05, 4.69) is 4.74 Å². The molecule has 2 heterocycles. The number of hydrogen-bond acceptors (Lipinski definition) is 7. The van der Waals surface area contributed by atoms with Crippen LogP contribution in [0.15, 0.2) is 14.5 Å². The Bertz CT molecular complexity index is 1380. The zero-order valence-corrected chi connectivity index (χ0v) is 13.3. The summed E-state index contributed by atoms with van der Waals surface area (Å²) in [5, 5.41) is 6.41. The van der Waals surface area contributed by atoms with Gasteiger partial charge in [0.05, 0.1) is 8.22 Å². The van der Waals surface area contributed by atoms with Gasteiger partial charge < -0.3 is 10.1 Å².